The van der Waals surface area contributed by atoms with E-state index in [4.69, 9.17) is 23.7 Å². The number of piperidine rings is 1. The van der Waals surface area contributed by atoms with E-state index in [1.807, 2.05) is 48.5 Å². The van der Waals surface area contributed by atoms with Crippen molar-refractivity contribution in [2.75, 3.05) is 79.9 Å². The topological polar surface area (TPSA) is 86.8 Å². The van der Waals surface area contributed by atoms with E-state index >= 15 is 0 Å². The van der Waals surface area contributed by atoms with Crippen LogP contribution >= 0.6 is 0 Å². The molecule has 8 rings (SSSR count). The molecule has 0 saturated carbocycles. The van der Waals surface area contributed by atoms with Crippen molar-refractivity contribution in [1.82, 2.24) is 9.80 Å². The fourth-order valence-electron chi connectivity index (χ4n) is 8.47. The monoisotopic (exact) mass is 760 g/mol. The number of hydrogen-bond donors (Lipinski definition) is 0. The van der Waals surface area contributed by atoms with E-state index in [0.717, 1.165) is 151 Å². The zero-order chi connectivity index (χ0) is 39.0. The average molecular weight is 761 g/mol. The van der Waals surface area contributed by atoms with Crippen LogP contribution in [-0.4, -0.2) is 101 Å². The molecule has 296 valence electrons. The number of carbonyl (C=O) groups excluding carboxylic acids is 2. The molecule has 2 saturated heterocycles. The van der Waals surface area contributed by atoms with Gasteiger partial charge in [0.1, 0.15) is 36.2 Å². The summed E-state index contributed by atoms with van der Waals surface area (Å²) in [5, 5.41) is 0. The van der Waals surface area contributed by atoms with E-state index < -0.39 is 0 Å². The van der Waals surface area contributed by atoms with Gasteiger partial charge in [0, 0.05) is 70.7 Å². The van der Waals surface area contributed by atoms with Crippen molar-refractivity contribution in [1.29, 1.82) is 0 Å². The van der Waals surface area contributed by atoms with Crippen LogP contribution in [0.15, 0.2) is 60.7 Å². The number of nitrogens with zero attached hydrogens (tertiary/aromatic N) is 2. The first-order chi connectivity index (χ1) is 27.4. The van der Waals surface area contributed by atoms with Crippen LogP contribution in [0.3, 0.4) is 0 Å². The Hall–Kier alpha value is -4.70. The van der Waals surface area contributed by atoms with E-state index in [1.165, 1.54) is 19.3 Å². The van der Waals surface area contributed by atoms with E-state index in [-0.39, 0.29) is 11.6 Å². The number of morpholine rings is 1. The SMILES string of the molecule is CCCc1cc(OC)c2c(c1)C(=O)c1cccc(OCCN3CCCCC3)c1-2.CCCc1cc(OC)c2c(c1)C(=O)c1cccc(OCCN3CCOCC3)c1-2. The summed E-state index contributed by atoms with van der Waals surface area (Å²) in [6, 6.07) is 19.7. The summed E-state index contributed by atoms with van der Waals surface area (Å²) in [6.45, 7) is 13.0. The fourth-order valence-corrected chi connectivity index (χ4v) is 8.47. The first-order valence-electron chi connectivity index (χ1n) is 20.5. The van der Waals surface area contributed by atoms with Gasteiger partial charge in [0.2, 0.25) is 0 Å². The summed E-state index contributed by atoms with van der Waals surface area (Å²) in [4.78, 5) is 30.9. The molecular weight excluding hydrogens is 705 g/mol. The molecule has 0 aromatic heterocycles. The van der Waals surface area contributed by atoms with E-state index in [2.05, 4.69) is 35.8 Å². The molecule has 2 aliphatic carbocycles. The van der Waals surface area contributed by atoms with Crippen molar-refractivity contribution in [3.05, 3.63) is 94.0 Å². The standard InChI is InChI=1S/C24H29NO3.C23H27NO4/c1-3-8-17-15-19-23(21(16-17)27-2)22-18(24(19)26)9-7-10-20(22)28-14-13-25-11-5-4-6-12-25;1-3-5-16-14-18-22(20(15-16)26-2)21-17(23(18)25)6-4-7-19(21)28-13-10-24-8-11-27-12-9-24/h7,9-10,15-16H,3-6,8,11-14H2,1-2H3;4,6-7,14-15H,3,5,8-13H2,1-2H3. The number of hydrogen-bond acceptors (Lipinski definition) is 9. The average Bonchev–Trinajstić information content (AvgIpc) is 3.69. The number of aryl methyl sites for hydroxylation is 2. The Morgan fingerprint density at radius 2 is 1.00 bits per heavy atom. The number of carbonyl (C=O) groups is 2. The van der Waals surface area contributed by atoms with Crippen molar-refractivity contribution in [3.8, 4) is 45.3 Å². The van der Waals surface area contributed by atoms with Crippen LogP contribution < -0.4 is 18.9 Å². The first kappa shape index (κ1) is 39.5. The molecule has 0 radical (unpaired) electrons. The highest BCUT2D eigenvalue weighted by Crippen LogP contribution is 2.49. The minimum absolute atomic E-state index is 0.0554. The minimum Gasteiger partial charge on any atom is -0.496 e. The molecule has 0 atom stereocenters. The van der Waals surface area contributed by atoms with Crippen LogP contribution in [0.1, 0.15) is 88.9 Å². The Morgan fingerprint density at radius 3 is 1.45 bits per heavy atom. The Morgan fingerprint density at radius 1 is 0.554 bits per heavy atom. The van der Waals surface area contributed by atoms with Crippen LogP contribution in [0.25, 0.3) is 22.3 Å². The maximum atomic E-state index is 13.1. The van der Waals surface area contributed by atoms with Gasteiger partial charge in [0.05, 0.1) is 27.4 Å². The van der Waals surface area contributed by atoms with E-state index in [9.17, 15) is 9.59 Å². The molecule has 2 fully saturated rings. The minimum atomic E-state index is 0.0554. The molecule has 0 unspecified atom stereocenters. The van der Waals surface area contributed by atoms with Crippen LogP contribution in [-0.2, 0) is 17.6 Å². The van der Waals surface area contributed by atoms with Crippen LogP contribution in [0.4, 0.5) is 0 Å². The lowest BCUT2D eigenvalue weighted by Crippen LogP contribution is -2.38. The van der Waals surface area contributed by atoms with Gasteiger partial charge in [0.15, 0.2) is 11.6 Å². The van der Waals surface area contributed by atoms with Gasteiger partial charge in [-0.25, -0.2) is 0 Å². The van der Waals surface area contributed by atoms with Gasteiger partial charge >= 0.3 is 0 Å². The highest BCUT2D eigenvalue weighted by atomic mass is 16.5. The number of benzene rings is 4. The molecule has 0 bridgehead atoms. The molecular formula is C47H56N2O7. The summed E-state index contributed by atoms with van der Waals surface area (Å²) in [5.41, 5.74) is 8.67. The van der Waals surface area contributed by atoms with Crippen molar-refractivity contribution in [2.24, 2.45) is 0 Å². The number of methoxy groups -OCH3 is 2. The van der Waals surface area contributed by atoms with Crippen LogP contribution in [0, 0.1) is 0 Å². The lowest BCUT2D eigenvalue weighted by atomic mass is 9.99. The summed E-state index contributed by atoms with van der Waals surface area (Å²) in [5.74, 6) is 3.17. The van der Waals surface area contributed by atoms with Crippen molar-refractivity contribution in [2.45, 2.75) is 58.8 Å². The van der Waals surface area contributed by atoms with Gasteiger partial charge in [-0.3, -0.25) is 19.4 Å². The van der Waals surface area contributed by atoms with Gasteiger partial charge in [-0.2, -0.15) is 0 Å². The molecule has 56 heavy (non-hydrogen) atoms. The molecule has 0 N–H and O–H groups in total. The Labute approximate surface area is 331 Å². The fraction of sp³-hybridized carbons (Fsp3) is 0.447. The lowest BCUT2D eigenvalue weighted by molar-refractivity contribution is 0.0323. The van der Waals surface area contributed by atoms with Gasteiger partial charge in [-0.05, 0) is 86.3 Å². The number of likely N-dealkylation sites (tertiary alicyclic amines) is 1. The molecule has 4 aromatic carbocycles. The second-order valence-electron chi connectivity index (χ2n) is 15.0. The first-order valence-corrected chi connectivity index (χ1v) is 20.5. The molecule has 9 nitrogen and oxygen atoms in total. The third kappa shape index (κ3) is 8.36. The van der Waals surface area contributed by atoms with Gasteiger partial charge in [0.25, 0.3) is 0 Å². The third-order valence-electron chi connectivity index (χ3n) is 11.3. The molecule has 2 heterocycles. The molecule has 4 aromatic rings. The summed E-state index contributed by atoms with van der Waals surface area (Å²) in [6.07, 6.45) is 7.82. The number of fused-ring (bicyclic) bond motifs is 6. The third-order valence-corrected chi connectivity index (χ3v) is 11.3. The molecule has 0 spiro atoms. The smallest absolute Gasteiger partial charge is 0.194 e. The predicted molar refractivity (Wildman–Crippen MR) is 220 cm³/mol. The van der Waals surface area contributed by atoms with Gasteiger partial charge in [-0.15, -0.1) is 0 Å². The second kappa shape index (κ2) is 18.5. The van der Waals surface area contributed by atoms with Gasteiger partial charge in [-0.1, -0.05) is 57.4 Å². The quantitative estimate of drug-likeness (QED) is 0.109. The highest BCUT2D eigenvalue weighted by molar-refractivity contribution is 6.24. The zero-order valence-electron chi connectivity index (χ0n) is 33.5. The van der Waals surface area contributed by atoms with E-state index in [1.54, 1.807) is 14.2 Å². The number of ketones is 2. The molecule has 2 aliphatic heterocycles. The largest absolute Gasteiger partial charge is 0.496 e. The van der Waals surface area contributed by atoms with Crippen LogP contribution in [0.5, 0.6) is 23.0 Å². The summed E-state index contributed by atoms with van der Waals surface area (Å²) >= 11 is 0. The number of ether oxygens (including phenoxy) is 5. The Kier molecular flexibility index (Phi) is 13.1. The van der Waals surface area contributed by atoms with Crippen molar-refractivity contribution in [3.63, 3.8) is 0 Å². The number of rotatable bonds is 14. The van der Waals surface area contributed by atoms with Crippen molar-refractivity contribution < 1.29 is 33.3 Å². The normalized spacial score (nSPS) is 16.0. The molecule has 0 amide bonds. The van der Waals surface area contributed by atoms with E-state index in [0.29, 0.717) is 18.8 Å². The lowest BCUT2D eigenvalue weighted by Gasteiger charge is -2.26. The summed E-state index contributed by atoms with van der Waals surface area (Å²) < 4.78 is 29.1. The maximum Gasteiger partial charge on any atom is 0.194 e. The second-order valence-corrected chi connectivity index (χ2v) is 15.0. The van der Waals surface area contributed by atoms with Crippen molar-refractivity contribution >= 4 is 11.6 Å². The summed E-state index contributed by atoms with van der Waals surface area (Å²) in [7, 11) is 3.34. The predicted octanol–water partition coefficient (Wildman–Crippen LogP) is 8.29. The Bertz CT molecular complexity index is 1880. The molecule has 4 aliphatic rings. The zero-order valence-corrected chi connectivity index (χ0v) is 33.5. The van der Waals surface area contributed by atoms with Gasteiger partial charge < -0.3 is 23.7 Å². The molecule has 9 heteroatoms. The van der Waals surface area contributed by atoms with Crippen LogP contribution in [0.2, 0.25) is 0 Å². The Balaban J connectivity index is 0.000000172. The maximum absolute atomic E-state index is 13.1. The highest BCUT2D eigenvalue weighted by Gasteiger charge is 2.34.